The molecular formula is C11H12BrN3OS2. The summed E-state index contributed by atoms with van der Waals surface area (Å²) in [7, 11) is 3.58. The van der Waals surface area contributed by atoms with Gasteiger partial charge in [0.1, 0.15) is 5.69 Å². The van der Waals surface area contributed by atoms with Crippen molar-refractivity contribution in [2.75, 3.05) is 19.4 Å². The topological polar surface area (TPSA) is 45.2 Å². The normalized spacial score (nSPS) is 10.4. The Kier molecular flexibility index (Phi) is 4.36. The molecule has 0 aliphatic rings. The van der Waals surface area contributed by atoms with Crippen LogP contribution in [0.2, 0.25) is 0 Å². The largest absolute Gasteiger partial charge is 0.365 e. The molecule has 2 rings (SSSR count). The second kappa shape index (κ2) is 5.81. The molecule has 0 saturated heterocycles. The molecule has 18 heavy (non-hydrogen) atoms. The van der Waals surface area contributed by atoms with Gasteiger partial charge in [-0.15, -0.1) is 22.7 Å². The van der Waals surface area contributed by atoms with Crippen molar-refractivity contribution in [2.24, 2.45) is 0 Å². The first kappa shape index (κ1) is 13.5. The van der Waals surface area contributed by atoms with Crippen LogP contribution < -0.4 is 5.32 Å². The van der Waals surface area contributed by atoms with Crippen LogP contribution in [0.3, 0.4) is 0 Å². The fraction of sp³-hybridized carbons (Fsp3) is 0.273. The second-order valence-corrected chi connectivity index (χ2v) is 6.45. The fourth-order valence-corrected chi connectivity index (χ4v) is 3.57. The maximum atomic E-state index is 12.1. The molecular weight excluding hydrogens is 334 g/mol. The van der Waals surface area contributed by atoms with E-state index in [2.05, 4.69) is 26.2 Å². The zero-order chi connectivity index (χ0) is 13.1. The third-order valence-corrected chi connectivity index (χ3v) is 4.84. The van der Waals surface area contributed by atoms with E-state index in [0.717, 1.165) is 14.5 Å². The molecule has 0 fully saturated rings. The summed E-state index contributed by atoms with van der Waals surface area (Å²) in [5.41, 5.74) is 0.488. The van der Waals surface area contributed by atoms with Gasteiger partial charge >= 0.3 is 0 Å². The molecule has 0 spiro atoms. The molecule has 2 heterocycles. The Morgan fingerprint density at radius 3 is 2.83 bits per heavy atom. The number of rotatable bonds is 4. The van der Waals surface area contributed by atoms with Crippen molar-refractivity contribution in [1.29, 1.82) is 0 Å². The van der Waals surface area contributed by atoms with Crippen molar-refractivity contribution >= 4 is 49.6 Å². The predicted octanol–water partition coefficient (Wildman–Crippen LogP) is 3.28. The number of carbonyl (C=O) groups excluding carboxylic acids is 1. The number of thiazole rings is 1. The summed E-state index contributed by atoms with van der Waals surface area (Å²) in [6, 6.07) is 2.02. The summed E-state index contributed by atoms with van der Waals surface area (Å²) in [5, 5.41) is 7.46. The highest BCUT2D eigenvalue weighted by atomic mass is 79.9. The third kappa shape index (κ3) is 3.09. The van der Waals surface area contributed by atoms with Crippen molar-refractivity contribution in [3.8, 4) is 0 Å². The van der Waals surface area contributed by atoms with Crippen molar-refractivity contribution in [2.45, 2.75) is 6.54 Å². The van der Waals surface area contributed by atoms with Gasteiger partial charge in [0.2, 0.25) is 0 Å². The van der Waals surface area contributed by atoms with E-state index in [-0.39, 0.29) is 5.91 Å². The van der Waals surface area contributed by atoms with E-state index in [0.29, 0.717) is 12.2 Å². The number of carbonyl (C=O) groups is 1. The average Bonchev–Trinajstić information content (AvgIpc) is 2.97. The highest BCUT2D eigenvalue weighted by Crippen LogP contribution is 2.22. The number of amides is 1. The number of hydrogen-bond donors (Lipinski definition) is 1. The Morgan fingerprint density at radius 1 is 1.50 bits per heavy atom. The lowest BCUT2D eigenvalue weighted by Crippen LogP contribution is -2.26. The van der Waals surface area contributed by atoms with Gasteiger partial charge in [0.05, 0.1) is 6.54 Å². The Balaban J connectivity index is 2.04. The van der Waals surface area contributed by atoms with E-state index in [4.69, 9.17) is 0 Å². The second-order valence-electron chi connectivity index (χ2n) is 3.68. The molecule has 0 saturated carbocycles. The van der Waals surface area contributed by atoms with Gasteiger partial charge in [0.15, 0.2) is 5.13 Å². The van der Waals surface area contributed by atoms with Gasteiger partial charge in [-0.1, -0.05) is 0 Å². The molecule has 0 aromatic carbocycles. The first-order chi connectivity index (χ1) is 8.60. The molecule has 2 aromatic rings. The standard InChI is InChI=1S/C11H12BrN3OS2/c1-13-11-14-9(6-18-11)10(16)15(2)4-8-3-7(12)5-17-8/h3,5-6H,4H2,1-2H3,(H,13,14). The highest BCUT2D eigenvalue weighted by Gasteiger charge is 2.16. The van der Waals surface area contributed by atoms with Crippen molar-refractivity contribution < 1.29 is 4.79 Å². The van der Waals surface area contributed by atoms with E-state index >= 15 is 0 Å². The van der Waals surface area contributed by atoms with E-state index < -0.39 is 0 Å². The van der Waals surface area contributed by atoms with Crippen LogP contribution in [-0.4, -0.2) is 29.9 Å². The molecule has 0 aliphatic carbocycles. The van der Waals surface area contributed by atoms with Crippen LogP contribution in [0.1, 0.15) is 15.4 Å². The molecule has 1 amide bonds. The van der Waals surface area contributed by atoms with Crippen LogP contribution in [0.25, 0.3) is 0 Å². The van der Waals surface area contributed by atoms with Gasteiger partial charge in [-0.25, -0.2) is 4.98 Å². The lowest BCUT2D eigenvalue weighted by Gasteiger charge is -2.14. The molecule has 0 radical (unpaired) electrons. The summed E-state index contributed by atoms with van der Waals surface area (Å²) in [5.74, 6) is -0.0581. The van der Waals surface area contributed by atoms with E-state index in [1.807, 2.05) is 11.4 Å². The Labute approximate surface area is 122 Å². The van der Waals surface area contributed by atoms with Gasteiger partial charge in [-0.05, 0) is 22.0 Å². The molecule has 0 unspecified atom stereocenters. The number of thiophene rings is 1. The third-order valence-electron chi connectivity index (χ3n) is 2.30. The monoisotopic (exact) mass is 345 g/mol. The maximum Gasteiger partial charge on any atom is 0.273 e. The van der Waals surface area contributed by atoms with Crippen LogP contribution in [-0.2, 0) is 6.54 Å². The molecule has 0 aliphatic heterocycles. The minimum atomic E-state index is -0.0581. The summed E-state index contributed by atoms with van der Waals surface area (Å²) >= 11 is 6.47. The number of anilines is 1. The van der Waals surface area contributed by atoms with Crippen LogP contribution in [0, 0.1) is 0 Å². The number of hydrogen-bond acceptors (Lipinski definition) is 5. The molecule has 0 atom stereocenters. The summed E-state index contributed by atoms with van der Waals surface area (Å²) in [4.78, 5) is 19.1. The number of nitrogens with zero attached hydrogens (tertiary/aromatic N) is 2. The van der Waals surface area contributed by atoms with Crippen LogP contribution >= 0.6 is 38.6 Å². The first-order valence-corrected chi connectivity index (χ1v) is 7.77. The fourth-order valence-electron chi connectivity index (χ4n) is 1.42. The smallest absolute Gasteiger partial charge is 0.273 e. The summed E-state index contributed by atoms with van der Waals surface area (Å²) in [6.45, 7) is 0.599. The number of nitrogens with one attached hydrogen (secondary N) is 1. The molecule has 0 bridgehead atoms. The predicted molar refractivity (Wildman–Crippen MR) is 79.5 cm³/mol. The Hall–Kier alpha value is -0.920. The van der Waals surface area contributed by atoms with Gasteiger partial charge in [0.25, 0.3) is 5.91 Å². The van der Waals surface area contributed by atoms with Gasteiger partial charge < -0.3 is 10.2 Å². The maximum absolute atomic E-state index is 12.1. The zero-order valence-electron chi connectivity index (χ0n) is 9.94. The number of aromatic nitrogens is 1. The minimum absolute atomic E-state index is 0.0581. The Bertz CT molecular complexity index is 552. The van der Waals surface area contributed by atoms with E-state index in [9.17, 15) is 4.79 Å². The van der Waals surface area contributed by atoms with Gasteiger partial charge in [0, 0.05) is 34.2 Å². The Morgan fingerprint density at radius 2 is 2.28 bits per heavy atom. The SMILES string of the molecule is CNc1nc(C(=O)N(C)Cc2cc(Br)cs2)cs1. The van der Waals surface area contributed by atoms with Crippen LogP contribution in [0.15, 0.2) is 21.3 Å². The van der Waals surface area contributed by atoms with Crippen molar-refractivity contribution in [3.63, 3.8) is 0 Å². The zero-order valence-corrected chi connectivity index (χ0v) is 13.2. The molecule has 2 aromatic heterocycles. The highest BCUT2D eigenvalue weighted by molar-refractivity contribution is 9.10. The minimum Gasteiger partial charge on any atom is -0.365 e. The first-order valence-electron chi connectivity index (χ1n) is 5.22. The number of halogens is 1. The van der Waals surface area contributed by atoms with Crippen LogP contribution in [0.5, 0.6) is 0 Å². The van der Waals surface area contributed by atoms with Crippen molar-refractivity contribution in [3.05, 3.63) is 31.9 Å². The van der Waals surface area contributed by atoms with Crippen molar-refractivity contribution in [1.82, 2.24) is 9.88 Å². The lowest BCUT2D eigenvalue weighted by atomic mass is 10.4. The summed E-state index contributed by atoms with van der Waals surface area (Å²) in [6.07, 6.45) is 0. The molecule has 7 heteroatoms. The lowest BCUT2D eigenvalue weighted by molar-refractivity contribution is 0.0781. The van der Waals surface area contributed by atoms with E-state index in [1.165, 1.54) is 11.3 Å². The van der Waals surface area contributed by atoms with Gasteiger partial charge in [-0.2, -0.15) is 0 Å². The van der Waals surface area contributed by atoms with E-state index in [1.54, 1.807) is 35.7 Å². The van der Waals surface area contributed by atoms with Crippen LogP contribution in [0.4, 0.5) is 5.13 Å². The molecule has 1 N–H and O–H groups in total. The molecule has 4 nitrogen and oxygen atoms in total. The summed E-state index contributed by atoms with van der Waals surface area (Å²) < 4.78 is 1.05. The quantitative estimate of drug-likeness (QED) is 0.924. The van der Waals surface area contributed by atoms with Gasteiger partial charge in [-0.3, -0.25) is 4.79 Å². The average molecular weight is 346 g/mol. The molecule has 96 valence electrons.